The van der Waals surface area contributed by atoms with Crippen LogP contribution >= 0.6 is 11.6 Å². The van der Waals surface area contributed by atoms with Gasteiger partial charge in [0.15, 0.2) is 6.29 Å². The molecule has 0 radical (unpaired) electrons. The number of benzene rings is 1. The average molecular weight is 195 g/mol. The van der Waals surface area contributed by atoms with E-state index in [9.17, 15) is 4.79 Å². The first-order valence-corrected chi connectivity index (χ1v) is 4.00. The van der Waals surface area contributed by atoms with Gasteiger partial charge in [-0.2, -0.15) is 0 Å². The van der Waals surface area contributed by atoms with Gasteiger partial charge in [0, 0.05) is 11.1 Å². The summed E-state index contributed by atoms with van der Waals surface area (Å²) in [6.07, 6.45) is 0.673. The second kappa shape index (κ2) is 4.66. The normalized spacial score (nSPS) is 8.77. The Morgan fingerprint density at radius 1 is 1.54 bits per heavy atom. The number of aliphatic hydroxyl groups excluding tert-OH is 1. The van der Waals surface area contributed by atoms with Crippen molar-refractivity contribution in [2.45, 2.75) is 0 Å². The fourth-order valence-electron chi connectivity index (χ4n) is 0.853. The molecule has 1 aromatic rings. The third-order valence-corrected chi connectivity index (χ3v) is 1.78. The molecule has 0 saturated carbocycles. The fourth-order valence-corrected chi connectivity index (χ4v) is 1.02. The molecule has 0 fully saturated rings. The minimum absolute atomic E-state index is 0.195. The Balaban J connectivity index is 3.06. The maximum absolute atomic E-state index is 10.5. The molecule has 0 atom stereocenters. The zero-order valence-electron chi connectivity index (χ0n) is 6.75. The first-order chi connectivity index (χ1) is 6.27. The highest BCUT2D eigenvalue weighted by atomic mass is 35.5. The molecule has 2 nitrogen and oxygen atoms in total. The van der Waals surface area contributed by atoms with E-state index in [0.717, 1.165) is 0 Å². The lowest BCUT2D eigenvalue weighted by Crippen LogP contribution is -1.84. The average Bonchev–Trinajstić information content (AvgIpc) is 2.16. The van der Waals surface area contributed by atoms with Crippen LogP contribution in [0.3, 0.4) is 0 Å². The Morgan fingerprint density at radius 3 is 2.92 bits per heavy atom. The predicted molar refractivity (Wildman–Crippen MR) is 50.8 cm³/mol. The van der Waals surface area contributed by atoms with E-state index >= 15 is 0 Å². The Kier molecular flexibility index (Phi) is 3.51. The van der Waals surface area contributed by atoms with Gasteiger partial charge in [0.25, 0.3) is 0 Å². The van der Waals surface area contributed by atoms with Crippen molar-refractivity contribution in [3.8, 4) is 11.8 Å². The van der Waals surface area contributed by atoms with Crippen LogP contribution in [0, 0.1) is 11.8 Å². The van der Waals surface area contributed by atoms with Gasteiger partial charge in [-0.15, -0.1) is 0 Å². The summed E-state index contributed by atoms with van der Waals surface area (Å²) in [5.41, 5.74) is 1.08. The Hall–Kier alpha value is -1.30. The van der Waals surface area contributed by atoms with E-state index in [1.54, 1.807) is 18.2 Å². The lowest BCUT2D eigenvalue weighted by Gasteiger charge is -1.95. The number of carbonyl (C=O) groups excluding carboxylic acids is 1. The zero-order chi connectivity index (χ0) is 9.68. The van der Waals surface area contributed by atoms with E-state index in [1.807, 2.05) is 0 Å². The fraction of sp³-hybridized carbons (Fsp3) is 0.100. The van der Waals surface area contributed by atoms with Crippen molar-refractivity contribution < 1.29 is 9.90 Å². The minimum Gasteiger partial charge on any atom is -0.384 e. The summed E-state index contributed by atoms with van der Waals surface area (Å²) >= 11 is 5.70. The van der Waals surface area contributed by atoms with Crippen LogP contribution in [0.25, 0.3) is 0 Å². The van der Waals surface area contributed by atoms with Gasteiger partial charge in [0.05, 0.1) is 5.02 Å². The summed E-state index contributed by atoms with van der Waals surface area (Å²) in [6, 6.07) is 4.88. The molecular weight excluding hydrogens is 188 g/mol. The van der Waals surface area contributed by atoms with E-state index in [0.29, 0.717) is 22.4 Å². The van der Waals surface area contributed by atoms with Crippen molar-refractivity contribution in [2.24, 2.45) is 0 Å². The van der Waals surface area contributed by atoms with Crippen molar-refractivity contribution in [3.63, 3.8) is 0 Å². The second-order valence-corrected chi connectivity index (χ2v) is 2.72. The SMILES string of the molecule is O=Cc1cc(C#CCO)ccc1Cl. The van der Waals surface area contributed by atoms with Gasteiger partial charge in [0.1, 0.15) is 6.61 Å². The van der Waals surface area contributed by atoms with Gasteiger partial charge in [-0.25, -0.2) is 0 Å². The van der Waals surface area contributed by atoms with Crippen LogP contribution in [0.5, 0.6) is 0 Å². The van der Waals surface area contributed by atoms with Crippen LogP contribution in [-0.4, -0.2) is 18.0 Å². The molecule has 1 rings (SSSR count). The highest BCUT2D eigenvalue weighted by Crippen LogP contribution is 2.14. The highest BCUT2D eigenvalue weighted by Gasteiger charge is 1.98. The lowest BCUT2D eigenvalue weighted by atomic mass is 10.1. The van der Waals surface area contributed by atoms with Crippen LogP contribution in [0.15, 0.2) is 18.2 Å². The monoisotopic (exact) mass is 194 g/mol. The molecule has 0 amide bonds. The van der Waals surface area contributed by atoms with Gasteiger partial charge in [-0.3, -0.25) is 4.79 Å². The van der Waals surface area contributed by atoms with Gasteiger partial charge in [-0.05, 0) is 18.2 Å². The van der Waals surface area contributed by atoms with E-state index in [1.165, 1.54) is 0 Å². The van der Waals surface area contributed by atoms with Crippen molar-refractivity contribution >= 4 is 17.9 Å². The molecule has 1 N–H and O–H groups in total. The molecule has 0 heterocycles. The molecule has 0 saturated heterocycles. The molecule has 0 spiro atoms. The van der Waals surface area contributed by atoms with Crippen molar-refractivity contribution in [1.29, 1.82) is 0 Å². The third-order valence-electron chi connectivity index (χ3n) is 1.43. The first kappa shape index (κ1) is 9.79. The quantitative estimate of drug-likeness (QED) is 0.544. The topological polar surface area (TPSA) is 37.3 Å². The summed E-state index contributed by atoms with van der Waals surface area (Å²) in [4.78, 5) is 10.5. The number of hydrogen-bond acceptors (Lipinski definition) is 2. The van der Waals surface area contributed by atoms with Crippen LogP contribution < -0.4 is 0 Å². The molecule has 3 heteroatoms. The molecule has 13 heavy (non-hydrogen) atoms. The molecule has 66 valence electrons. The van der Waals surface area contributed by atoms with Gasteiger partial charge in [-0.1, -0.05) is 23.4 Å². The zero-order valence-corrected chi connectivity index (χ0v) is 7.51. The Bertz CT molecular complexity index is 374. The summed E-state index contributed by atoms with van der Waals surface area (Å²) in [7, 11) is 0. The van der Waals surface area contributed by atoms with Gasteiger partial charge in [0.2, 0.25) is 0 Å². The van der Waals surface area contributed by atoms with Crippen LogP contribution in [0.2, 0.25) is 5.02 Å². The smallest absolute Gasteiger partial charge is 0.151 e. The summed E-state index contributed by atoms with van der Waals surface area (Å²) in [6.45, 7) is -0.195. The molecule has 0 aliphatic carbocycles. The number of hydrogen-bond donors (Lipinski definition) is 1. The summed E-state index contributed by atoms with van der Waals surface area (Å²) in [5, 5.41) is 8.85. The lowest BCUT2D eigenvalue weighted by molar-refractivity contribution is 0.112. The van der Waals surface area contributed by atoms with Crippen molar-refractivity contribution in [1.82, 2.24) is 0 Å². The number of rotatable bonds is 1. The Labute approximate surface area is 81.1 Å². The van der Waals surface area contributed by atoms with E-state index in [-0.39, 0.29) is 6.61 Å². The first-order valence-electron chi connectivity index (χ1n) is 3.62. The van der Waals surface area contributed by atoms with E-state index < -0.39 is 0 Å². The molecule has 1 aromatic carbocycles. The standard InChI is InChI=1S/C10H7ClO2/c11-10-4-3-8(2-1-5-12)6-9(10)7-13/h3-4,6-7,12H,5H2. The summed E-state index contributed by atoms with van der Waals surface area (Å²) < 4.78 is 0. The van der Waals surface area contributed by atoms with Crippen molar-refractivity contribution in [3.05, 3.63) is 34.3 Å². The Morgan fingerprint density at radius 2 is 2.31 bits per heavy atom. The maximum atomic E-state index is 10.5. The maximum Gasteiger partial charge on any atom is 0.151 e. The predicted octanol–water partition coefficient (Wildman–Crippen LogP) is 1.50. The molecule has 0 unspecified atom stereocenters. The number of carbonyl (C=O) groups is 1. The van der Waals surface area contributed by atoms with Crippen LogP contribution in [0.1, 0.15) is 15.9 Å². The second-order valence-electron chi connectivity index (χ2n) is 2.31. The van der Waals surface area contributed by atoms with E-state index in [4.69, 9.17) is 16.7 Å². The van der Waals surface area contributed by atoms with Gasteiger partial charge >= 0.3 is 0 Å². The minimum atomic E-state index is -0.195. The van der Waals surface area contributed by atoms with Crippen LogP contribution in [0.4, 0.5) is 0 Å². The summed E-state index contributed by atoms with van der Waals surface area (Å²) in [5.74, 6) is 5.16. The molecular formula is C10H7ClO2. The largest absolute Gasteiger partial charge is 0.384 e. The number of halogens is 1. The van der Waals surface area contributed by atoms with Crippen LogP contribution in [-0.2, 0) is 0 Å². The molecule has 0 aliphatic heterocycles. The molecule has 0 aliphatic rings. The molecule has 0 aromatic heterocycles. The number of aliphatic hydroxyl groups is 1. The number of aldehydes is 1. The third kappa shape index (κ3) is 2.59. The highest BCUT2D eigenvalue weighted by molar-refractivity contribution is 6.32. The van der Waals surface area contributed by atoms with Gasteiger partial charge < -0.3 is 5.11 Å². The molecule has 0 bridgehead atoms. The van der Waals surface area contributed by atoms with Crippen molar-refractivity contribution in [2.75, 3.05) is 6.61 Å². The van der Waals surface area contributed by atoms with E-state index in [2.05, 4.69) is 11.8 Å².